The Morgan fingerprint density at radius 1 is 1.30 bits per heavy atom. The number of phenols is 1. The highest BCUT2D eigenvalue weighted by atomic mass is 16.6. The smallest absolute Gasteiger partial charge is 0.338 e. The molecule has 7 nitrogen and oxygen atoms in total. The van der Waals surface area contributed by atoms with E-state index in [9.17, 15) is 20.0 Å². The van der Waals surface area contributed by atoms with Crippen LogP contribution in [0.4, 0.5) is 11.4 Å². The first-order valence-electron chi connectivity index (χ1n) is 6.80. The Morgan fingerprint density at radius 3 is 2.61 bits per heavy atom. The van der Waals surface area contributed by atoms with Crippen LogP contribution in [0.2, 0.25) is 0 Å². The molecule has 0 aliphatic rings. The first-order valence-corrected chi connectivity index (χ1v) is 6.80. The largest absolute Gasteiger partial charge is 0.502 e. The standard InChI is InChI=1S/C16H14N2O5/c1-2-23-16(20)12-4-6-13(7-5-12)17-10-11-3-8-15(19)14(9-11)18(21)22/h3-10,19H,2H2,1H3. The predicted molar refractivity (Wildman–Crippen MR) is 84.4 cm³/mol. The van der Waals surface area contributed by atoms with Gasteiger partial charge in [0.1, 0.15) is 0 Å². The van der Waals surface area contributed by atoms with Crippen molar-refractivity contribution < 1.29 is 19.6 Å². The Kier molecular flexibility index (Phi) is 5.03. The lowest BCUT2D eigenvalue weighted by atomic mass is 10.2. The highest BCUT2D eigenvalue weighted by Gasteiger charge is 2.12. The summed E-state index contributed by atoms with van der Waals surface area (Å²) in [5.74, 6) is -0.803. The third-order valence-electron chi connectivity index (χ3n) is 2.94. The van der Waals surface area contributed by atoms with Gasteiger partial charge in [0, 0.05) is 12.3 Å². The van der Waals surface area contributed by atoms with Gasteiger partial charge >= 0.3 is 11.7 Å². The first kappa shape index (κ1) is 16.2. The molecule has 2 aromatic carbocycles. The predicted octanol–water partition coefficient (Wildman–Crippen LogP) is 3.23. The maximum atomic E-state index is 11.5. The van der Waals surface area contributed by atoms with Gasteiger partial charge in [-0.25, -0.2) is 4.79 Å². The van der Waals surface area contributed by atoms with Gasteiger partial charge in [-0.15, -0.1) is 0 Å². The molecule has 2 rings (SSSR count). The molecular formula is C16H14N2O5. The SMILES string of the molecule is CCOC(=O)c1ccc(N=Cc2ccc(O)c([N+](=O)[O-])c2)cc1. The van der Waals surface area contributed by atoms with Crippen LogP contribution in [-0.4, -0.2) is 28.8 Å². The zero-order valence-electron chi connectivity index (χ0n) is 12.3. The van der Waals surface area contributed by atoms with Crippen molar-refractivity contribution in [2.75, 3.05) is 6.61 Å². The van der Waals surface area contributed by atoms with E-state index in [1.165, 1.54) is 24.4 Å². The molecule has 0 saturated heterocycles. The van der Waals surface area contributed by atoms with E-state index in [2.05, 4.69) is 4.99 Å². The van der Waals surface area contributed by atoms with Gasteiger partial charge in [-0.1, -0.05) is 0 Å². The molecule has 118 valence electrons. The van der Waals surface area contributed by atoms with Crippen LogP contribution in [0, 0.1) is 10.1 Å². The molecule has 0 spiro atoms. The second-order valence-corrected chi connectivity index (χ2v) is 4.53. The lowest BCUT2D eigenvalue weighted by Gasteiger charge is -2.01. The van der Waals surface area contributed by atoms with Crippen LogP contribution in [0.3, 0.4) is 0 Å². The summed E-state index contributed by atoms with van der Waals surface area (Å²) < 4.78 is 4.88. The number of carbonyl (C=O) groups is 1. The Morgan fingerprint density at radius 2 is 2.00 bits per heavy atom. The Balaban J connectivity index is 2.16. The number of nitro groups is 1. The number of carbonyl (C=O) groups excluding carboxylic acids is 1. The molecule has 0 heterocycles. The fourth-order valence-corrected chi connectivity index (χ4v) is 1.81. The highest BCUT2D eigenvalue weighted by molar-refractivity contribution is 5.90. The van der Waals surface area contributed by atoms with Crippen LogP contribution in [0.5, 0.6) is 5.75 Å². The Bertz CT molecular complexity index is 754. The maximum Gasteiger partial charge on any atom is 0.338 e. The summed E-state index contributed by atoms with van der Waals surface area (Å²) in [7, 11) is 0. The molecular weight excluding hydrogens is 300 g/mol. The average Bonchev–Trinajstić information content (AvgIpc) is 2.54. The molecule has 23 heavy (non-hydrogen) atoms. The molecule has 0 amide bonds. The normalized spacial score (nSPS) is 10.7. The maximum absolute atomic E-state index is 11.5. The number of ether oxygens (including phenoxy) is 1. The number of esters is 1. The molecule has 2 aromatic rings. The highest BCUT2D eigenvalue weighted by Crippen LogP contribution is 2.25. The molecule has 0 saturated carbocycles. The first-order chi connectivity index (χ1) is 11.0. The third kappa shape index (κ3) is 4.13. The number of hydrogen-bond donors (Lipinski definition) is 1. The van der Waals surface area contributed by atoms with E-state index < -0.39 is 16.6 Å². The minimum absolute atomic E-state index is 0.304. The van der Waals surface area contributed by atoms with Crippen molar-refractivity contribution in [1.29, 1.82) is 0 Å². The van der Waals surface area contributed by atoms with Gasteiger partial charge in [0.05, 0.1) is 22.8 Å². The summed E-state index contributed by atoms with van der Waals surface area (Å²) in [6, 6.07) is 10.4. The molecule has 0 aliphatic carbocycles. The summed E-state index contributed by atoms with van der Waals surface area (Å²) >= 11 is 0. The van der Waals surface area contributed by atoms with Crippen molar-refractivity contribution in [2.24, 2.45) is 4.99 Å². The van der Waals surface area contributed by atoms with E-state index >= 15 is 0 Å². The molecule has 0 aliphatic heterocycles. The number of hydrogen-bond acceptors (Lipinski definition) is 6. The lowest BCUT2D eigenvalue weighted by molar-refractivity contribution is -0.385. The number of aromatic hydroxyl groups is 1. The summed E-state index contributed by atoms with van der Waals surface area (Å²) in [5, 5.41) is 20.1. The van der Waals surface area contributed by atoms with E-state index in [-0.39, 0.29) is 5.69 Å². The summed E-state index contributed by atoms with van der Waals surface area (Å²) in [6.45, 7) is 2.03. The van der Waals surface area contributed by atoms with Gasteiger partial charge < -0.3 is 9.84 Å². The number of nitrogens with zero attached hydrogens (tertiary/aromatic N) is 2. The van der Waals surface area contributed by atoms with Crippen LogP contribution in [0.1, 0.15) is 22.8 Å². The molecule has 0 radical (unpaired) electrons. The second-order valence-electron chi connectivity index (χ2n) is 4.53. The number of phenolic OH excluding ortho intramolecular Hbond substituents is 1. The van der Waals surface area contributed by atoms with Crippen molar-refractivity contribution in [3.05, 3.63) is 63.7 Å². The Labute approximate surface area is 132 Å². The molecule has 0 unspecified atom stereocenters. The minimum Gasteiger partial charge on any atom is -0.502 e. The molecule has 0 bridgehead atoms. The van der Waals surface area contributed by atoms with Crippen LogP contribution < -0.4 is 0 Å². The van der Waals surface area contributed by atoms with Crippen LogP contribution in [0.15, 0.2) is 47.5 Å². The van der Waals surface area contributed by atoms with E-state index in [0.717, 1.165) is 0 Å². The number of benzene rings is 2. The average molecular weight is 314 g/mol. The van der Waals surface area contributed by atoms with Gasteiger partial charge in [0.2, 0.25) is 0 Å². The van der Waals surface area contributed by atoms with Gasteiger partial charge in [0.15, 0.2) is 5.75 Å². The van der Waals surface area contributed by atoms with Crippen LogP contribution >= 0.6 is 0 Å². The number of aliphatic imine (C=N–C) groups is 1. The summed E-state index contributed by atoms with van der Waals surface area (Å²) in [6.07, 6.45) is 1.44. The van der Waals surface area contributed by atoms with Crippen molar-refractivity contribution in [3.63, 3.8) is 0 Å². The van der Waals surface area contributed by atoms with Gasteiger partial charge in [-0.3, -0.25) is 15.1 Å². The van der Waals surface area contributed by atoms with E-state index in [0.29, 0.717) is 23.4 Å². The quantitative estimate of drug-likeness (QED) is 0.395. The fourth-order valence-electron chi connectivity index (χ4n) is 1.81. The number of rotatable bonds is 5. The molecule has 7 heteroatoms. The lowest BCUT2D eigenvalue weighted by Crippen LogP contribution is -2.03. The molecule has 0 atom stereocenters. The Hall–Kier alpha value is -3.22. The van der Waals surface area contributed by atoms with Crippen molar-refractivity contribution in [2.45, 2.75) is 6.92 Å². The monoisotopic (exact) mass is 314 g/mol. The van der Waals surface area contributed by atoms with Gasteiger partial charge in [0.25, 0.3) is 0 Å². The van der Waals surface area contributed by atoms with E-state index in [4.69, 9.17) is 4.74 Å². The molecule has 0 fully saturated rings. The van der Waals surface area contributed by atoms with E-state index in [1.807, 2.05) is 0 Å². The summed E-state index contributed by atoms with van der Waals surface area (Å²) in [4.78, 5) is 25.8. The molecule has 1 N–H and O–H groups in total. The van der Waals surface area contributed by atoms with Crippen molar-refractivity contribution >= 4 is 23.6 Å². The topological polar surface area (TPSA) is 102 Å². The van der Waals surface area contributed by atoms with E-state index in [1.54, 1.807) is 31.2 Å². The molecule has 0 aromatic heterocycles. The second kappa shape index (κ2) is 7.17. The fraction of sp³-hybridized carbons (Fsp3) is 0.125. The van der Waals surface area contributed by atoms with Crippen molar-refractivity contribution in [1.82, 2.24) is 0 Å². The third-order valence-corrected chi connectivity index (χ3v) is 2.94. The van der Waals surface area contributed by atoms with Gasteiger partial charge in [-0.05, 0) is 48.9 Å². The van der Waals surface area contributed by atoms with Gasteiger partial charge in [-0.2, -0.15) is 0 Å². The zero-order valence-corrected chi connectivity index (χ0v) is 12.3. The number of nitro benzene ring substituents is 1. The zero-order chi connectivity index (χ0) is 16.8. The van der Waals surface area contributed by atoms with Crippen LogP contribution in [0.25, 0.3) is 0 Å². The summed E-state index contributed by atoms with van der Waals surface area (Å²) in [5.41, 5.74) is 1.09. The van der Waals surface area contributed by atoms with Crippen molar-refractivity contribution in [3.8, 4) is 5.75 Å². The minimum atomic E-state index is -0.666. The van der Waals surface area contributed by atoms with Crippen LogP contribution in [-0.2, 0) is 4.74 Å².